The Kier molecular flexibility index (Phi) is 4.08. The zero-order valence-corrected chi connectivity index (χ0v) is 8.18. The van der Waals surface area contributed by atoms with Crippen LogP contribution in [0.4, 0.5) is 0 Å². The molecule has 1 unspecified atom stereocenters. The molecule has 0 radical (unpaired) electrons. The third-order valence-corrected chi connectivity index (χ3v) is 1.94. The molecule has 5 N–H and O–H groups in total. The molecule has 1 aromatic carbocycles. The number of rotatable bonds is 4. The lowest BCUT2D eigenvalue weighted by Crippen LogP contribution is -2.42. The number of benzene rings is 1. The van der Waals surface area contributed by atoms with Crippen molar-refractivity contribution in [3.63, 3.8) is 0 Å². The van der Waals surface area contributed by atoms with Crippen LogP contribution in [0.5, 0.6) is 5.75 Å². The van der Waals surface area contributed by atoms with Crippen LogP contribution in [-0.2, 0) is 11.3 Å². The van der Waals surface area contributed by atoms with Gasteiger partial charge in [-0.25, -0.2) is 0 Å². The number of aliphatic hydroxyl groups is 1. The maximum atomic E-state index is 11.2. The maximum absolute atomic E-state index is 11.2. The number of aliphatic hydroxyl groups excluding tert-OH is 1. The van der Waals surface area contributed by atoms with Crippen molar-refractivity contribution in [2.75, 3.05) is 6.61 Å². The number of amides is 1. The van der Waals surface area contributed by atoms with E-state index in [0.717, 1.165) is 5.56 Å². The highest BCUT2D eigenvalue weighted by molar-refractivity contribution is 5.81. The first-order valence-corrected chi connectivity index (χ1v) is 4.55. The van der Waals surface area contributed by atoms with Crippen LogP contribution in [0.1, 0.15) is 5.56 Å². The minimum Gasteiger partial charge on any atom is -0.508 e. The molecule has 0 saturated heterocycles. The van der Waals surface area contributed by atoms with Crippen molar-refractivity contribution < 1.29 is 15.0 Å². The van der Waals surface area contributed by atoms with Gasteiger partial charge in [0.2, 0.25) is 5.91 Å². The van der Waals surface area contributed by atoms with Gasteiger partial charge in [0.05, 0.1) is 6.61 Å². The summed E-state index contributed by atoms with van der Waals surface area (Å²) in [6, 6.07) is 5.57. The number of carbonyl (C=O) groups excluding carboxylic acids is 1. The summed E-state index contributed by atoms with van der Waals surface area (Å²) in [4.78, 5) is 11.2. The lowest BCUT2D eigenvalue weighted by atomic mass is 10.2. The van der Waals surface area contributed by atoms with Crippen molar-refractivity contribution in [3.8, 4) is 5.75 Å². The second-order valence-electron chi connectivity index (χ2n) is 3.17. The van der Waals surface area contributed by atoms with Crippen LogP contribution in [0.3, 0.4) is 0 Å². The number of nitrogens with two attached hydrogens (primary N) is 1. The number of hydrogen-bond donors (Lipinski definition) is 4. The Morgan fingerprint density at radius 3 is 2.53 bits per heavy atom. The van der Waals surface area contributed by atoms with Gasteiger partial charge in [0.25, 0.3) is 0 Å². The molecule has 1 amide bonds. The van der Waals surface area contributed by atoms with Crippen LogP contribution in [0.25, 0.3) is 0 Å². The first kappa shape index (κ1) is 11.5. The molecule has 0 aliphatic carbocycles. The standard InChI is InChI=1S/C10H14N2O3/c11-9(6-13)10(15)12-5-7-1-3-8(14)4-2-7/h1-4,9,13-14H,5-6,11H2,(H,12,15). The topological polar surface area (TPSA) is 95.6 Å². The Labute approximate surface area is 87.5 Å². The van der Waals surface area contributed by atoms with Crippen molar-refractivity contribution in [3.05, 3.63) is 29.8 Å². The fourth-order valence-electron chi connectivity index (χ4n) is 1.02. The first-order valence-electron chi connectivity index (χ1n) is 4.55. The summed E-state index contributed by atoms with van der Waals surface area (Å²) >= 11 is 0. The quantitative estimate of drug-likeness (QED) is 0.530. The van der Waals surface area contributed by atoms with Gasteiger partial charge < -0.3 is 21.3 Å². The lowest BCUT2D eigenvalue weighted by Gasteiger charge is -2.09. The van der Waals surface area contributed by atoms with Crippen LogP contribution in [0.15, 0.2) is 24.3 Å². The smallest absolute Gasteiger partial charge is 0.239 e. The second kappa shape index (κ2) is 5.33. The van der Waals surface area contributed by atoms with Crippen molar-refractivity contribution in [1.82, 2.24) is 5.32 Å². The van der Waals surface area contributed by atoms with Crippen LogP contribution >= 0.6 is 0 Å². The third-order valence-electron chi connectivity index (χ3n) is 1.94. The van der Waals surface area contributed by atoms with Gasteiger partial charge in [-0.15, -0.1) is 0 Å². The predicted octanol–water partition coefficient (Wildman–Crippen LogP) is -0.672. The van der Waals surface area contributed by atoms with Crippen molar-refractivity contribution >= 4 is 5.91 Å². The summed E-state index contributed by atoms with van der Waals surface area (Å²) in [6.45, 7) is -0.0474. The summed E-state index contributed by atoms with van der Waals surface area (Å²) < 4.78 is 0. The molecule has 0 fully saturated rings. The van der Waals surface area contributed by atoms with E-state index in [1.54, 1.807) is 12.1 Å². The zero-order valence-electron chi connectivity index (χ0n) is 8.18. The van der Waals surface area contributed by atoms with Gasteiger partial charge in [-0.05, 0) is 17.7 Å². The average Bonchev–Trinajstić information content (AvgIpc) is 2.26. The monoisotopic (exact) mass is 210 g/mol. The number of phenolic OH excluding ortho intramolecular Hbond substituents is 1. The number of nitrogens with one attached hydrogen (secondary N) is 1. The molecule has 0 heterocycles. The largest absolute Gasteiger partial charge is 0.508 e. The second-order valence-corrected chi connectivity index (χ2v) is 3.17. The predicted molar refractivity (Wildman–Crippen MR) is 55.0 cm³/mol. The molecule has 82 valence electrons. The molecule has 1 aromatic rings. The molecule has 0 bridgehead atoms. The van der Waals surface area contributed by atoms with Crippen molar-refractivity contribution in [1.29, 1.82) is 0 Å². The third kappa shape index (κ3) is 3.57. The van der Waals surface area contributed by atoms with Gasteiger partial charge in [0.1, 0.15) is 11.8 Å². The molecule has 0 aromatic heterocycles. The van der Waals surface area contributed by atoms with Crippen LogP contribution < -0.4 is 11.1 Å². The fourth-order valence-corrected chi connectivity index (χ4v) is 1.02. The Bertz CT molecular complexity index is 324. The minimum absolute atomic E-state index is 0.178. The van der Waals surface area contributed by atoms with E-state index < -0.39 is 11.9 Å². The van der Waals surface area contributed by atoms with Gasteiger partial charge in [0, 0.05) is 6.54 Å². The lowest BCUT2D eigenvalue weighted by molar-refractivity contribution is -0.123. The number of hydrogen-bond acceptors (Lipinski definition) is 4. The molecule has 15 heavy (non-hydrogen) atoms. The SMILES string of the molecule is NC(CO)C(=O)NCc1ccc(O)cc1. The maximum Gasteiger partial charge on any atom is 0.239 e. The highest BCUT2D eigenvalue weighted by Crippen LogP contribution is 2.08. The van der Waals surface area contributed by atoms with Crippen molar-refractivity contribution in [2.45, 2.75) is 12.6 Å². The first-order chi connectivity index (χ1) is 7.13. The molecule has 0 spiro atoms. The number of aromatic hydroxyl groups is 1. The van der Waals surface area contributed by atoms with E-state index in [-0.39, 0.29) is 12.4 Å². The van der Waals surface area contributed by atoms with E-state index in [1.807, 2.05) is 0 Å². The van der Waals surface area contributed by atoms with Gasteiger partial charge >= 0.3 is 0 Å². The van der Waals surface area contributed by atoms with Gasteiger partial charge in [-0.1, -0.05) is 12.1 Å². The summed E-state index contributed by atoms with van der Waals surface area (Å²) in [5, 5.41) is 20.2. The molecular formula is C10H14N2O3. The molecular weight excluding hydrogens is 196 g/mol. The van der Waals surface area contributed by atoms with Crippen molar-refractivity contribution in [2.24, 2.45) is 5.73 Å². The summed E-state index contributed by atoms with van der Waals surface area (Å²) in [5.74, 6) is -0.220. The molecule has 1 rings (SSSR count). The Balaban J connectivity index is 2.43. The van der Waals surface area contributed by atoms with E-state index in [9.17, 15) is 4.79 Å². The molecule has 5 heteroatoms. The highest BCUT2D eigenvalue weighted by Gasteiger charge is 2.10. The minimum atomic E-state index is -0.887. The average molecular weight is 210 g/mol. The molecule has 1 atom stereocenters. The van der Waals surface area contributed by atoms with E-state index in [4.69, 9.17) is 15.9 Å². The normalized spacial score (nSPS) is 12.1. The zero-order chi connectivity index (χ0) is 11.3. The molecule has 0 aliphatic rings. The summed E-state index contributed by atoms with van der Waals surface area (Å²) in [6.07, 6.45) is 0. The Morgan fingerprint density at radius 2 is 2.00 bits per heavy atom. The molecule has 0 aliphatic heterocycles. The van der Waals surface area contributed by atoms with E-state index >= 15 is 0 Å². The number of carbonyl (C=O) groups is 1. The molecule has 0 saturated carbocycles. The van der Waals surface area contributed by atoms with Crippen LogP contribution in [0, 0.1) is 0 Å². The van der Waals surface area contributed by atoms with Crippen LogP contribution in [-0.4, -0.2) is 28.8 Å². The Morgan fingerprint density at radius 1 is 1.40 bits per heavy atom. The van der Waals surface area contributed by atoms with Gasteiger partial charge in [-0.3, -0.25) is 4.79 Å². The summed E-state index contributed by atoms with van der Waals surface area (Å²) in [5.41, 5.74) is 6.16. The van der Waals surface area contributed by atoms with Gasteiger partial charge in [0.15, 0.2) is 0 Å². The molecule has 5 nitrogen and oxygen atoms in total. The van der Waals surface area contributed by atoms with Crippen LogP contribution in [0.2, 0.25) is 0 Å². The Hall–Kier alpha value is -1.59. The fraction of sp³-hybridized carbons (Fsp3) is 0.300. The van der Waals surface area contributed by atoms with Gasteiger partial charge in [-0.2, -0.15) is 0 Å². The van der Waals surface area contributed by atoms with E-state index in [2.05, 4.69) is 5.32 Å². The van der Waals surface area contributed by atoms with E-state index in [1.165, 1.54) is 12.1 Å². The van der Waals surface area contributed by atoms with E-state index in [0.29, 0.717) is 6.54 Å². The number of phenols is 1. The highest BCUT2D eigenvalue weighted by atomic mass is 16.3. The summed E-state index contributed by atoms with van der Waals surface area (Å²) in [7, 11) is 0.